The summed E-state index contributed by atoms with van der Waals surface area (Å²) >= 11 is 0. The van der Waals surface area contributed by atoms with Crippen molar-refractivity contribution in [3.8, 4) is 11.1 Å². The molecule has 0 aliphatic rings. The number of rotatable bonds is 11. The van der Waals surface area contributed by atoms with E-state index >= 15 is 0 Å². The second-order valence-corrected chi connectivity index (χ2v) is 8.68. The standard InChI is InChI=1S/C27H28N6O5/c1-2-33(24-15-28-16-29-24)26(36)22-14-21(31-32-22)25(35)30-20(13-23(34)27(37)38)12-17-8-10-19(11-9-17)18-6-4-3-5-7-18/h3-11,14-16,20,23,34H,2,12-13H2,1H3,(H,28,29)(H,30,35)(H,31,32)(H,37,38)/t20-,23-/m1/s1. The first-order chi connectivity index (χ1) is 18.4. The molecule has 0 fully saturated rings. The molecule has 0 aliphatic carbocycles. The predicted octanol–water partition coefficient (Wildman–Crippen LogP) is 2.64. The Balaban J connectivity index is 1.47. The molecule has 0 spiro atoms. The van der Waals surface area contributed by atoms with Crippen LogP contribution in [0.25, 0.3) is 11.1 Å². The summed E-state index contributed by atoms with van der Waals surface area (Å²) in [6.07, 6.45) is 1.38. The lowest BCUT2D eigenvalue weighted by molar-refractivity contribution is -0.147. The summed E-state index contributed by atoms with van der Waals surface area (Å²) in [5, 5.41) is 28.5. The first-order valence-electron chi connectivity index (χ1n) is 12.1. The SMILES string of the molecule is CCN(C(=O)c1cc(C(=O)N[C@H](Cc2ccc(-c3ccccc3)cc2)C[C@@H](O)C(=O)O)n[nH]1)c1cnc[nH]1. The highest BCUT2D eigenvalue weighted by molar-refractivity contribution is 6.05. The molecular weight excluding hydrogens is 488 g/mol. The molecule has 0 bridgehead atoms. The lowest BCUT2D eigenvalue weighted by Crippen LogP contribution is -2.40. The molecule has 4 rings (SSSR count). The Bertz CT molecular complexity index is 1370. The fourth-order valence-corrected chi connectivity index (χ4v) is 4.08. The van der Waals surface area contributed by atoms with Crippen LogP contribution in [0, 0.1) is 0 Å². The molecular formula is C27H28N6O5. The third-order valence-corrected chi connectivity index (χ3v) is 6.05. The summed E-state index contributed by atoms with van der Waals surface area (Å²) in [4.78, 5) is 45.4. The first-order valence-corrected chi connectivity index (χ1v) is 12.1. The summed E-state index contributed by atoms with van der Waals surface area (Å²) in [7, 11) is 0. The van der Waals surface area contributed by atoms with Gasteiger partial charge >= 0.3 is 5.97 Å². The van der Waals surface area contributed by atoms with E-state index in [0.717, 1.165) is 16.7 Å². The van der Waals surface area contributed by atoms with E-state index in [1.54, 1.807) is 6.92 Å². The topological polar surface area (TPSA) is 164 Å². The zero-order valence-electron chi connectivity index (χ0n) is 20.7. The lowest BCUT2D eigenvalue weighted by Gasteiger charge is -2.20. The summed E-state index contributed by atoms with van der Waals surface area (Å²) in [5.41, 5.74) is 2.99. The van der Waals surface area contributed by atoms with Gasteiger partial charge in [0.2, 0.25) is 0 Å². The van der Waals surface area contributed by atoms with Crippen LogP contribution in [0.15, 0.2) is 73.2 Å². The molecule has 0 saturated heterocycles. The molecule has 11 heteroatoms. The smallest absolute Gasteiger partial charge is 0.332 e. The Labute approximate surface area is 218 Å². The highest BCUT2D eigenvalue weighted by atomic mass is 16.4. The number of benzene rings is 2. The van der Waals surface area contributed by atoms with Crippen LogP contribution in [-0.4, -0.2) is 66.9 Å². The molecule has 0 unspecified atom stereocenters. The van der Waals surface area contributed by atoms with Gasteiger partial charge in [-0.05, 0) is 30.0 Å². The van der Waals surface area contributed by atoms with Gasteiger partial charge in [-0.3, -0.25) is 19.6 Å². The van der Waals surface area contributed by atoms with E-state index in [0.29, 0.717) is 12.4 Å². The number of H-pyrrole nitrogens is 2. The molecule has 4 aromatic rings. The van der Waals surface area contributed by atoms with E-state index in [1.165, 1.54) is 23.5 Å². The number of amides is 2. The molecule has 2 heterocycles. The van der Waals surface area contributed by atoms with E-state index in [9.17, 15) is 24.6 Å². The van der Waals surface area contributed by atoms with Gasteiger partial charge < -0.3 is 20.5 Å². The number of hydrogen-bond donors (Lipinski definition) is 5. The molecule has 5 N–H and O–H groups in total. The number of aliphatic hydroxyl groups is 1. The maximum absolute atomic E-state index is 13.0. The Morgan fingerprint density at radius 3 is 2.39 bits per heavy atom. The van der Waals surface area contributed by atoms with Gasteiger partial charge in [-0.2, -0.15) is 5.10 Å². The van der Waals surface area contributed by atoms with Crippen molar-refractivity contribution in [1.29, 1.82) is 0 Å². The number of aliphatic hydroxyl groups excluding tert-OH is 1. The number of carbonyl (C=O) groups excluding carboxylic acids is 2. The van der Waals surface area contributed by atoms with E-state index in [2.05, 4.69) is 25.5 Å². The molecule has 2 amide bonds. The van der Waals surface area contributed by atoms with Crippen LogP contribution in [0.1, 0.15) is 39.9 Å². The molecule has 0 aliphatic heterocycles. The zero-order valence-corrected chi connectivity index (χ0v) is 20.7. The maximum atomic E-state index is 13.0. The monoisotopic (exact) mass is 516 g/mol. The van der Waals surface area contributed by atoms with Crippen LogP contribution in [0.5, 0.6) is 0 Å². The number of aromatic amines is 2. The van der Waals surface area contributed by atoms with Gasteiger partial charge in [0.25, 0.3) is 11.8 Å². The van der Waals surface area contributed by atoms with Crippen LogP contribution < -0.4 is 10.2 Å². The average molecular weight is 517 g/mol. The van der Waals surface area contributed by atoms with Gasteiger partial charge in [-0.1, -0.05) is 54.6 Å². The van der Waals surface area contributed by atoms with Crippen molar-refractivity contribution in [3.05, 3.63) is 90.1 Å². The van der Waals surface area contributed by atoms with Crippen LogP contribution in [0.4, 0.5) is 5.82 Å². The molecule has 11 nitrogen and oxygen atoms in total. The third-order valence-electron chi connectivity index (χ3n) is 6.05. The van der Waals surface area contributed by atoms with Gasteiger partial charge in [-0.15, -0.1) is 0 Å². The van der Waals surface area contributed by atoms with Crippen molar-refractivity contribution in [3.63, 3.8) is 0 Å². The van der Waals surface area contributed by atoms with Crippen LogP contribution in [-0.2, 0) is 11.2 Å². The van der Waals surface area contributed by atoms with Gasteiger partial charge in [0.05, 0.1) is 12.5 Å². The highest BCUT2D eigenvalue weighted by Gasteiger charge is 2.25. The first kappa shape index (κ1) is 26.3. The number of aliphatic carboxylic acids is 1. The van der Waals surface area contributed by atoms with Gasteiger partial charge in [0.1, 0.15) is 11.5 Å². The van der Waals surface area contributed by atoms with Crippen molar-refractivity contribution >= 4 is 23.6 Å². The summed E-state index contributed by atoms with van der Waals surface area (Å²) in [6, 6.07) is 18.2. The van der Waals surface area contributed by atoms with Crippen molar-refractivity contribution in [2.24, 2.45) is 0 Å². The Kier molecular flexibility index (Phi) is 8.29. The number of carboxylic acid groups (broad SMARTS) is 1. The molecule has 196 valence electrons. The number of anilines is 1. The number of carboxylic acids is 1. The third kappa shape index (κ3) is 6.31. The van der Waals surface area contributed by atoms with Crippen LogP contribution in [0.2, 0.25) is 0 Å². The number of hydrogen-bond acceptors (Lipinski definition) is 6. The number of nitrogens with zero attached hydrogens (tertiary/aromatic N) is 3. The van der Waals surface area contributed by atoms with Crippen molar-refractivity contribution in [2.75, 3.05) is 11.4 Å². The summed E-state index contributed by atoms with van der Waals surface area (Å²) < 4.78 is 0. The number of imidazole rings is 1. The summed E-state index contributed by atoms with van der Waals surface area (Å²) in [5.74, 6) is -1.89. The predicted molar refractivity (Wildman–Crippen MR) is 140 cm³/mol. The largest absolute Gasteiger partial charge is 0.479 e. The Morgan fingerprint density at radius 2 is 1.76 bits per heavy atom. The van der Waals surface area contributed by atoms with E-state index < -0.39 is 29.9 Å². The van der Waals surface area contributed by atoms with Crippen molar-refractivity contribution in [1.82, 2.24) is 25.5 Å². The second kappa shape index (κ2) is 12.0. The molecule has 2 atom stereocenters. The quantitative estimate of drug-likeness (QED) is 0.204. The molecule has 38 heavy (non-hydrogen) atoms. The van der Waals surface area contributed by atoms with E-state index in [1.807, 2.05) is 54.6 Å². The van der Waals surface area contributed by atoms with Crippen molar-refractivity contribution in [2.45, 2.75) is 31.9 Å². The van der Waals surface area contributed by atoms with Crippen LogP contribution in [0.3, 0.4) is 0 Å². The van der Waals surface area contributed by atoms with Crippen molar-refractivity contribution < 1.29 is 24.6 Å². The zero-order chi connectivity index (χ0) is 27.1. The number of aromatic nitrogens is 4. The molecule has 2 aromatic carbocycles. The molecule has 0 radical (unpaired) electrons. The summed E-state index contributed by atoms with van der Waals surface area (Å²) in [6.45, 7) is 2.16. The molecule has 2 aromatic heterocycles. The number of nitrogens with one attached hydrogen (secondary N) is 3. The average Bonchev–Trinajstić information content (AvgIpc) is 3.63. The van der Waals surface area contributed by atoms with Gasteiger partial charge in [0.15, 0.2) is 11.8 Å². The van der Waals surface area contributed by atoms with Crippen LogP contribution >= 0.6 is 0 Å². The second-order valence-electron chi connectivity index (χ2n) is 8.68. The Morgan fingerprint density at radius 1 is 1.05 bits per heavy atom. The van der Waals surface area contributed by atoms with E-state index in [4.69, 9.17) is 0 Å². The Hall–Kier alpha value is -4.77. The minimum Gasteiger partial charge on any atom is -0.479 e. The molecule has 0 saturated carbocycles. The normalized spacial score (nSPS) is 12.5. The highest BCUT2D eigenvalue weighted by Crippen LogP contribution is 2.20. The maximum Gasteiger partial charge on any atom is 0.332 e. The fourth-order valence-electron chi connectivity index (χ4n) is 4.08. The minimum atomic E-state index is -1.66. The minimum absolute atomic E-state index is 0.0387. The fraction of sp³-hybridized carbons (Fsp3) is 0.222. The van der Waals surface area contributed by atoms with Gasteiger partial charge in [0, 0.05) is 25.1 Å². The number of carbonyl (C=O) groups is 3. The lowest BCUT2D eigenvalue weighted by atomic mass is 9.97. The van der Waals surface area contributed by atoms with E-state index in [-0.39, 0.29) is 24.2 Å². The van der Waals surface area contributed by atoms with Gasteiger partial charge in [-0.25, -0.2) is 9.78 Å².